The molecule has 1 aromatic carbocycles. The molecule has 0 aromatic heterocycles. The molecule has 96 valence electrons. The van der Waals surface area contributed by atoms with E-state index in [0.29, 0.717) is 17.3 Å². The second kappa shape index (κ2) is 5.40. The first-order valence-corrected chi connectivity index (χ1v) is 6.36. The van der Waals surface area contributed by atoms with Gasteiger partial charge in [0.1, 0.15) is 5.38 Å². The lowest BCUT2D eigenvalue weighted by atomic mass is 10.2. The van der Waals surface area contributed by atoms with Crippen molar-refractivity contribution < 1.29 is 9.59 Å². The highest BCUT2D eigenvalue weighted by molar-refractivity contribution is 6.32. The van der Waals surface area contributed by atoms with Gasteiger partial charge in [0.05, 0.1) is 0 Å². The molecule has 1 aliphatic carbocycles. The Labute approximate surface area is 111 Å². The molecule has 0 radical (unpaired) electrons. The highest BCUT2D eigenvalue weighted by atomic mass is 35.5. The molecular weight excluding hydrogens is 252 g/mol. The van der Waals surface area contributed by atoms with Crippen LogP contribution in [0, 0.1) is 0 Å². The minimum Gasteiger partial charge on any atom is -0.349 e. The van der Waals surface area contributed by atoms with E-state index in [1.807, 2.05) is 0 Å². The summed E-state index contributed by atoms with van der Waals surface area (Å²) in [5, 5.41) is 4.95. The summed E-state index contributed by atoms with van der Waals surface area (Å²) in [7, 11) is 0. The summed E-state index contributed by atoms with van der Waals surface area (Å²) in [5.74, 6) is -0.385. The predicted octanol–water partition coefficient (Wildman–Crippen LogP) is 2.14. The van der Waals surface area contributed by atoms with Gasteiger partial charge in [0.25, 0.3) is 5.91 Å². The zero-order valence-electron chi connectivity index (χ0n) is 10.1. The molecule has 1 fully saturated rings. The number of hydrogen-bond donors (Lipinski definition) is 2. The molecule has 2 N–H and O–H groups in total. The molecule has 1 aromatic rings. The van der Waals surface area contributed by atoms with Gasteiger partial charge in [0.15, 0.2) is 0 Å². The summed E-state index contributed by atoms with van der Waals surface area (Å²) >= 11 is 5.67. The van der Waals surface area contributed by atoms with Crippen molar-refractivity contribution in [3.63, 3.8) is 0 Å². The Kier molecular flexibility index (Phi) is 3.87. The topological polar surface area (TPSA) is 58.2 Å². The van der Waals surface area contributed by atoms with Crippen LogP contribution < -0.4 is 10.6 Å². The number of carbonyl (C=O) groups is 2. The molecule has 4 nitrogen and oxygen atoms in total. The molecule has 2 rings (SSSR count). The Bertz CT molecular complexity index is 470. The number of amides is 2. The van der Waals surface area contributed by atoms with E-state index < -0.39 is 5.38 Å². The maximum Gasteiger partial charge on any atom is 0.251 e. The zero-order valence-corrected chi connectivity index (χ0v) is 10.8. The maximum absolute atomic E-state index is 11.8. The van der Waals surface area contributed by atoms with Crippen molar-refractivity contribution in [3.8, 4) is 0 Å². The normalized spacial score (nSPS) is 15.9. The molecule has 0 bridgehead atoms. The smallest absolute Gasteiger partial charge is 0.251 e. The van der Waals surface area contributed by atoms with E-state index in [1.165, 1.54) is 0 Å². The number of anilines is 1. The maximum atomic E-state index is 11.8. The first-order valence-electron chi connectivity index (χ1n) is 5.92. The third-order valence-electron chi connectivity index (χ3n) is 2.67. The fourth-order valence-corrected chi connectivity index (χ4v) is 1.53. The number of nitrogens with one attached hydrogen (secondary N) is 2. The summed E-state index contributed by atoms with van der Waals surface area (Å²) in [6, 6.07) is 7.15. The molecule has 18 heavy (non-hydrogen) atoms. The van der Waals surface area contributed by atoms with Gasteiger partial charge in [-0.25, -0.2) is 0 Å². The van der Waals surface area contributed by atoms with E-state index in [1.54, 1.807) is 31.2 Å². The lowest BCUT2D eigenvalue weighted by Crippen LogP contribution is -2.25. The molecule has 0 saturated heterocycles. The Morgan fingerprint density at radius 2 is 2.11 bits per heavy atom. The summed E-state index contributed by atoms with van der Waals surface area (Å²) in [5.41, 5.74) is 1.12. The molecule has 1 atom stereocenters. The number of halogens is 1. The fourth-order valence-electron chi connectivity index (χ4n) is 1.48. The van der Waals surface area contributed by atoms with Crippen LogP contribution in [0.3, 0.4) is 0 Å². The Hall–Kier alpha value is -1.55. The van der Waals surface area contributed by atoms with Crippen molar-refractivity contribution in [1.29, 1.82) is 0 Å². The second-order valence-corrected chi connectivity index (χ2v) is 5.09. The molecule has 5 heteroatoms. The SMILES string of the molecule is CC(Cl)C(=O)Nc1cccc(C(=O)NC2CC2)c1. The molecule has 0 heterocycles. The zero-order chi connectivity index (χ0) is 13.1. The van der Waals surface area contributed by atoms with Crippen LogP contribution in [0.25, 0.3) is 0 Å². The standard InChI is InChI=1S/C13H15ClN2O2/c1-8(14)12(17)16-11-4-2-3-9(7-11)13(18)15-10-5-6-10/h2-4,7-8,10H,5-6H2,1H3,(H,15,18)(H,16,17). The number of carbonyl (C=O) groups excluding carboxylic acids is 2. The first kappa shape index (κ1) is 12.9. The van der Waals surface area contributed by atoms with Gasteiger partial charge in [-0.15, -0.1) is 11.6 Å². The van der Waals surface area contributed by atoms with Gasteiger partial charge in [0, 0.05) is 17.3 Å². The third-order valence-corrected chi connectivity index (χ3v) is 2.86. The summed E-state index contributed by atoms with van der Waals surface area (Å²) in [6.07, 6.45) is 2.10. The van der Waals surface area contributed by atoms with Gasteiger partial charge >= 0.3 is 0 Å². The average Bonchev–Trinajstić information content (AvgIpc) is 3.13. The van der Waals surface area contributed by atoms with E-state index in [4.69, 9.17) is 11.6 Å². The van der Waals surface area contributed by atoms with E-state index in [0.717, 1.165) is 12.8 Å². The fraction of sp³-hybridized carbons (Fsp3) is 0.385. The van der Waals surface area contributed by atoms with Crippen LogP contribution in [-0.4, -0.2) is 23.2 Å². The van der Waals surface area contributed by atoms with Crippen LogP contribution in [0.1, 0.15) is 30.1 Å². The van der Waals surface area contributed by atoms with Crippen LogP contribution in [0.15, 0.2) is 24.3 Å². The van der Waals surface area contributed by atoms with E-state index >= 15 is 0 Å². The van der Waals surface area contributed by atoms with Crippen LogP contribution in [0.5, 0.6) is 0 Å². The van der Waals surface area contributed by atoms with Crippen molar-refractivity contribution in [2.24, 2.45) is 0 Å². The molecule has 0 spiro atoms. The lowest BCUT2D eigenvalue weighted by Gasteiger charge is -2.08. The van der Waals surface area contributed by atoms with Gasteiger partial charge in [-0.1, -0.05) is 6.07 Å². The minimum absolute atomic E-state index is 0.104. The number of alkyl halides is 1. The number of benzene rings is 1. The Morgan fingerprint density at radius 1 is 1.39 bits per heavy atom. The molecule has 0 aliphatic heterocycles. The summed E-state index contributed by atoms with van der Waals surface area (Å²) in [4.78, 5) is 23.3. The summed E-state index contributed by atoms with van der Waals surface area (Å²) in [6.45, 7) is 1.60. The highest BCUT2D eigenvalue weighted by Crippen LogP contribution is 2.20. The van der Waals surface area contributed by atoms with Gasteiger partial charge < -0.3 is 10.6 Å². The van der Waals surface area contributed by atoms with Gasteiger partial charge in [-0.2, -0.15) is 0 Å². The van der Waals surface area contributed by atoms with E-state index in [-0.39, 0.29) is 11.8 Å². The number of hydrogen-bond acceptors (Lipinski definition) is 2. The van der Waals surface area contributed by atoms with Crippen LogP contribution in [0.4, 0.5) is 5.69 Å². The largest absolute Gasteiger partial charge is 0.349 e. The second-order valence-electron chi connectivity index (χ2n) is 4.43. The summed E-state index contributed by atoms with van der Waals surface area (Å²) < 4.78 is 0. The highest BCUT2D eigenvalue weighted by Gasteiger charge is 2.23. The van der Waals surface area contributed by atoms with Crippen molar-refractivity contribution >= 4 is 29.1 Å². The average molecular weight is 267 g/mol. The molecular formula is C13H15ClN2O2. The number of rotatable bonds is 4. The Morgan fingerprint density at radius 3 is 2.72 bits per heavy atom. The first-order chi connectivity index (χ1) is 8.56. The van der Waals surface area contributed by atoms with Gasteiger partial charge in [-0.05, 0) is 38.0 Å². The molecule has 1 unspecified atom stereocenters. The van der Waals surface area contributed by atoms with Crippen LogP contribution >= 0.6 is 11.6 Å². The van der Waals surface area contributed by atoms with Gasteiger partial charge in [0.2, 0.25) is 5.91 Å². The van der Waals surface area contributed by atoms with Crippen LogP contribution in [0.2, 0.25) is 0 Å². The third kappa shape index (κ3) is 3.47. The van der Waals surface area contributed by atoms with E-state index in [2.05, 4.69) is 10.6 Å². The van der Waals surface area contributed by atoms with E-state index in [9.17, 15) is 9.59 Å². The van der Waals surface area contributed by atoms with Gasteiger partial charge in [-0.3, -0.25) is 9.59 Å². The van der Waals surface area contributed by atoms with Crippen molar-refractivity contribution in [2.75, 3.05) is 5.32 Å². The van der Waals surface area contributed by atoms with Crippen molar-refractivity contribution in [2.45, 2.75) is 31.2 Å². The van der Waals surface area contributed by atoms with Crippen LogP contribution in [-0.2, 0) is 4.79 Å². The predicted molar refractivity (Wildman–Crippen MR) is 70.9 cm³/mol. The van der Waals surface area contributed by atoms with Crippen molar-refractivity contribution in [3.05, 3.63) is 29.8 Å². The molecule has 1 aliphatic rings. The monoisotopic (exact) mass is 266 g/mol. The van der Waals surface area contributed by atoms with Crippen molar-refractivity contribution in [1.82, 2.24) is 5.32 Å². The molecule has 1 saturated carbocycles. The molecule has 2 amide bonds. The lowest BCUT2D eigenvalue weighted by molar-refractivity contribution is -0.115. The minimum atomic E-state index is -0.603. The Balaban J connectivity index is 2.04. The quantitative estimate of drug-likeness (QED) is 0.821.